The largest absolute Gasteiger partial charge is 0.308 e. The van der Waals surface area contributed by atoms with E-state index < -0.39 is 0 Å². The zero-order valence-corrected chi connectivity index (χ0v) is 17.5. The van der Waals surface area contributed by atoms with E-state index in [-0.39, 0.29) is 0 Å². The van der Waals surface area contributed by atoms with Crippen molar-refractivity contribution >= 4 is 55.9 Å². The van der Waals surface area contributed by atoms with E-state index >= 15 is 0 Å². The predicted octanol–water partition coefficient (Wildman–Crippen LogP) is 7.02. The van der Waals surface area contributed by atoms with Gasteiger partial charge in [0, 0.05) is 32.7 Å². The fraction of sp³-hybridized carbons (Fsp3) is 0.0345. The van der Waals surface area contributed by atoms with Crippen molar-refractivity contribution in [1.29, 1.82) is 0 Å². The standard InChI is InChI=1S/C29H19NO2/c1-18-21-6-2-4-8-23(21)29(24-9-5-3-7-22(18)24)30-27-12-10-19(16-31)14-25(27)26-15-20(17-32)11-13-28(26)30/h2-17H,1H3. The number of nitrogens with zero attached hydrogens (tertiary/aromatic N) is 1. The van der Waals surface area contributed by atoms with Crippen LogP contribution in [0, 0.1) is 6.92 Å². The Balaban J connectivity index is 1.90. The van der Waals surface area contributed by atoms with E-state index in [1.54, 1.807) is 0 Å². The molecule has 1 aromatic heterocycles. The first-order valence-electron chi connectivity index (χ1n) is 10.6. The number of carbonyl (C=O) groups excluding carboxylic acids is 2. The van der Waals surface area contributed by atoms with Crippen LogP contribution in [0.2, 0.25) is 0 Å². The van der Waals surface area contributed by atoms with Crippen LogP contribution in [0.25, 0.3) is 49.0 Å². The van der Waals surface area contributed by atoms with Crippen molar-refractivity contribution < 1.29 is 9.59 Å². The minimum absolute atomic E-state index is 0.617. The van der Waals surface area contributed by atoms with Crippen LogP contribution in [0.1, 0.15) is 26.3 Å². The molecule has 3 heteroatoms. The summed E-state index contributed by atoms with van der Waals surface area (Å²) < 4.78 is 2.28. The Labute approximate surface area is 184 Å². The third kappa shape index (κ3) is 2.48. The Morgan fingerprint density at radius 1 is 0.562 bits per heavy atom. The summed E-state index contributed by atoms with van der Waals surface area (Å²) in [6.07, 6.45) is 1.73. The van der Waals surface area contributed by atoms with Gasteiger partial charge in [-0.3, -0.25) is 9.59 Å². The highest BCUT2D eigenvalue weighted by molar-refractivity contribution is 6.17. The molecule has 0 fully saturated rings. The molecule has 0 amide bonds. The normalized spacial score (nSPS) is 11.5. The van der Waals surface area contributed by atoms with Crippen molar-refractivity contribution in [2.24, 2.45) is 0 Å². The van der Waals surface area contributed by atoms with Crippen LogP contribution in [0.15, 0.2) is 84.9 Å². The summed E-state index contributed by atoms with van der Waals surface area (Å²) in [5.74, 6) is 0. The van der Waals surface area contributed by atoms with Crippen LogP contribution < -0.4 is 0 Å². The van der Waals surface area contributed by atoms with E-state index in [0.717, 1.165) is 40.1 Å². The summed E-state index contributed by atoms with van der Waals surface area (Å²) in [7, 11) is 0. The van der Waals surface area contributed by atoms with Crippen LogP contribution in [-0.4, -0.2) is 17.1 Å². The third-order valence-corrected chi connectivity index (χ3v) is 6.48. The Morgan fingerprint density at radius 3 is 1.44 bits per heavy atom. The van der Waals surface area contributed by atoms with Gasteiger partial charge < -0.3 is 4.57 Å². The second-order valence-electron chi connectivity index (χ2n) is 8.19. The Bertz CT molecular complexity index is 1600. The smallest absolute Gasteiger partial charge is 0.150 e. The van der Waals surface area contributed by atoms with Crippen molar-refractivity contribution in [1.82, 2.24) is 4.57 Å². The monoisotopic (exact) mass is 413 g/mol. The SMILES string of the molecule is Cc1c2ccccc2c(-n2c3ccc(C=O)cc3c3cc(C=O)ccc32)c2ccccc12. The molecule has 6 aromatic rings. The second kappa shape index (κ2) is 6.89. The van der Waals surface area contributed by atoms with E-state index in [4.69, 9.17) is 0 Å². The van der Waals surface area contributed by atoms with Crippen molar-refractivity contribution in [3.8, 4) is 5.69 Å². The van der Waals surface area contributed by atoms with Gasteiger partial charge in [0.2, 0.25) is 0 Å². The molecule has 3 nitrogen and oxygen atoms in total. The quantitative estimate of drug-likeness (QED) is 0.231. The number of hydrogen-bond acceptors (Lipinski definition) is 2. The number of fused-ring (bicyclic) bond motifs is 5. The van der Waals surface area contributed by atoms with Gasteiger partial charge in [-0.05, 0) is 59.7 Å². The number of aldehydes is 2. The van der Waals surface area contributed by atoms with Gasteiger partial charge in [0.05, 0.1) is 16.7 Å². The molecule has 0 unspecified atom stereocenters. The van der Waals surface area contributed by atoms with Crippen LogP contribution in [0.5, 0.6) is 0 Å². The minimum Gasteiger partial charge on any atom is -0.308 e. The predicted molar refractivity (Wildman–Crippen MR) is 131 cm³/mol. The molecule has 0 saturated carbocycles. The number of aryl methyl sites for hydroxylation is 1. The number of rotatable bonds is 3. The van der Waals surface area contributed by atoms with E-state index in [9.17, 15) is 9.59 Å². The first-order chi connectivity index (χ1) is 15.7. The molecule has 1 heterocycles. The molecule has 0 spiro atoms. The van der Waals surface area contributed by atoms with Gasteiger partial charge in [0.25, 0.3) is 0 Å². The van der Waals surface area contributed by atoms with E-state index in [1.807, 2.05) is 36.4 Å². The molecule has 152 valence electrons. The van der Waals surface area contributed by atoms with Gasteiger partial charge in [-0.25, -0.2) is 0 Å². The Morgan fingerprint density at radius 2 is 1.00 bits per heavy atom. The summed E-state index contributed by atoms with van der Waals surface area (Å²) in [4.78, 5) is 23.0. The van der Waals surface area contributed by atoms with Crippen molar-refractivity contribution in [2.75, 3.05) is 0 Å². The molecule has 0 bridgehead atoms. The summed E-state index contributed by atoms with van der Waals surface area (Å²) in [5, 5.41) is 6.68. The number of carbonyl (C=O) groups is 2. The van der Waals surface area contributed by atoms with Gasteiger partial charge in [0.15, 0.2) is 0 Å². The summed E-state index contributed by atoms with van der Waals surface area (Å²) in [6, 6.07) is 28.5. The van der Waals surface area contributed by atoms with Crippen molar-refractivity contribution in [3.05, 3.63) is 102 Å². The average molecular weight is 413 g/mol. The van der Waals surface area contributed by atoms with E-state index in [2.05, 4.69) is 60.0 Å². The molecule has 0 radical (unpaired) electrons. The van der Waals surface area contributed by atoms with Crippen molar-refractivity contribution in [3.63, 3.8) is 0 Å². The highest BCUT2D eigenvalue weighted by Gasteiger charge is 2.18. The maximum atomic E-state index is 11.5. The van der Waals surface area contributed by atoms with Crippen LogP contribution in [-0.2, 0) is 0 Å². The molecule has 0 aliphatic rings. The summed E-state index contributed by atoms with van der Waals surface area (Å²) in [6.45, 7) is 2.17. The molecular weight excluding hydrogens is 394 g/mol. The van der Waals surface area contributed by atoms with Crippen LogP contribution in [0.3, 0.4) is 0 Å². The number of aromatic nitrogens is 1. The lowest BCUT2D eigenvalue weighted by molar-refractivity contribution is 0.111. The average Bonchev–Trinajstić information content (AvgIpc) is 3.17. The van der Waals surface area contributed by atoms with E-state index in [1.165, 1.54) is 27.1 Å². The molecule has 0 atom stereocenters. The van der Waals surface area contributed by atoms with Gasteiger partial charge in [-0.1, -0.05) is 48.5 Å². The topological polar surface area (TPSA) is 39.1 Å². The highest BCUT2D eigenvalue weighted by atomic mass is 16.1. The third-order valence-electron chi connectivity index (χ3n) is 6.48. The second-order valence-corrected chi connectivity index (χ2v) is 8.19. The lowest BCUT2D eigenvalue weighted by atomic mass is 9.95. The highest BCUT2D eigenvalue weighted by Crippen LogP contribution is 2.40. The fourth-order valence-corrected chi connectivity index (χ4v) is 5.01. The maximum Gasteiger partial charge on any atom is 0.150 e. The lowest BCUT2D eigenvalue weighted by Gasteiger charge is -2.17. The van der Waals surface area contributed by atoms with Crippen LogP contribution >= 0.6 is 0 Å². The zero-order valence-electron chi connectivity index (χ0n) is 17.5. The molecule has 0 N–H and O–H groups in total. The Kier molecular flexibility index (Phi) is 3.99. The summed E-state index contributed by atoms with van der Waals surface area (Å²) >= 11 is 0. The molecule has 0 saturated heterocycles. The minimum atomic E-state index is 0.617. The molecule has 32 heavy (non-hydrogen) atoms. The zero-order chi connectivity index (χ0) is 21.8. The lowest BCUT2D eigenvalue weighted by Crippen LogP contribution is -1.99. The van der Waals surface area contributed by atoms with Crippen molar-refractivity contribution in [2.45, 2.75) is 6.92 Å². The molecule has 0 aliphatic carbocycles. The van der Waals surface area contributed by atoms with Gasteiger partial charge >= 0.3 is 0 Å². The fourth-order valence-electron chi connectivity index (χ4n) is 5.01. The first kappa shape index (κ1) is 18.5. The van der Waals surface area contributed by atoms with Gasteiger partial charge in [0.1, 0.15) is 12.6 Å². The number of hydrogen-bond donors (Lipinski definition) is 0. The maximum absolute atomic E-state index is 11.5. The molecular formula is C29H19NO2. The molecule has 5 aromatic carbocycles. The van der Waals surface area contributed by atoms with E-state index in [0.29, 0.717) is 11.1 Å². The first-order valence-corrected chi connectivity index (χ1v) is 10.6. The van der Waals surface area contributed by atoms with Gasteiger partial charge in [-0.2, -0.15) is 0 Å². The number of benzene rings is 5. The molecule has 6 rings (SSSR count). The molecule has 0 aliphatic heterocycles. The van der Waals surface area contributed by atoms with Gasteiger partial charge in [-0.15, -0.1) is 0 Å². The summed E-state index contributed by atoms with van der Waals surface area (Å²) in [5.41, 5.74) is 5.62. The van der Waals surface area contributed by atoms with Crippen LogP contribution in [0.4, 0.5) is 0 Å². The Hall–Kier alpha value is -4.24.